The van der Waals surface area contributed by atoms with Gasteiger partial charge in [0.05, 0.1) is 11.4 Å². The van der Waals surface area contributed by atoms with Crippen LogP contribution in [-0.2, 0) is 0 Å². The van der Waals surface area contributed by atoms with Crippen molar-refractivity contribution in [3.05, 3.63) is 11.0 Å². The summed E-state index contributed by atoms with van der Waals surface area (Å²) in [5, 5.41) is 3.37. The first-order chi connectivity index (χ1) is 6.65. The lowest BCUT2D eigenvalue weighted by Crippen LogP contribution is -2.08. The smallest absolute Gasteiger partial charge is 0.224 e. The second kappa shape index (κ2) is 5.00. The van der Waals surface area contributed by atoms with E-state index in [0.29, 0.717) is 17.2 Å². The standard InChI is InChI=1S/C9H15ClN4/c1-3-4-5-12-8-7(11)6(2)13-9(10)14-8/h3-5,11H2,1-2H3,(H,12,13,14). The number of hydrogen-bond acceptors (Lipinski definition) is 4. The molecule has 0 fully saturated rings. The number of nitrogen functional groups attached to an aromatic ring is 1. The van der Waals surface area contributed by atoms with Crippen LogP contribution in [0.1, 0.15) is 25.5 Å². The predicted molar refractivity (Wildman–Crippen MR) is 59.6 cm³/mol. The molecule has 0 saturated heterocycles. The van der Waals surface area contributed by atoms with Crippen LogP contribution in [0.25, 0.3) is 0 Å². The topological polar surface area (TPSA) is 63.8 Å². The molecule has 1 aromatic heterocycles. The van der Waals surface area contributed by atoms with Crippen molar-refractivity contribution in [3.63, 3.8) is 0 Å². The zero-order valence-electron chi connectivity index (χ0n) is 8.47. The average molecular weight is 215 g/mol. The van der Waals surface area contributed by atoms with Gasteiger partial charge in [-0.2, -0.15) is 4.98 Å². The molecule has 5 heteroatoms. The Kier molecular flexibility index (Phi) is 3.95. The molecule has 1 rings (SSSR count). The number of aryl methyl sites for hydroxylation is 1. The maximum atomic E-state index is 5.79. The molecule has 78 valence electrons. The Morgan fingerprint density at radius 2 is 2.14 bits per heavy atom. The lowest BCUT2D eigenvalue weighted by Gasteiger charge is -2.09. The molecule has 4 nitrogen and oxygen atoms in total. The molecular formula is C9H15ClN4. The van der Waals surface area contributed by atoms with Crippen LogP contribution >= 0.6 is 11.6 Å². The second-order valence-electron chi connectivity index (χ2n) is 3.12. The molecule has 3 N–H and O–H groups in total. The normalized spacial score (nSPS) is 10.2. The van der Waals surface area contributed by atoms with Gasteiger partial charge in [-0.05, 0) is 24.9 Å². The van der Waals surface area contributed by atoms with Crippen LogP contribution in [-0.4, -0.2) is 16.5 Å². The van der Waals surface area contributed by atoms with E-state index in [1.807, 2.05) is 6.92 Å². The van der Waals surface area contributed by atoms with Gasteiger partial charge in [-0.3, -0.25) is 0 Å². The van der Waals surface area contributed by atoms with E-state index in [2.05, 4.69) is 22.2 Å². The van der Waals surface area contributed by atoms with Crippen molar-refractivity contribution in [2.75, 3.05) is 17.6 Å². The molecule has 0 atom stereocenters. The highest BCUT2D eigenvalue weighted by atomic mass is 35.5. The summed E-state index contributed by atoms with van der Waals surface area (Å²) < 4.78 is 0. The number of nitrogens with one attached hydrogen (secondary N) is 1. The number of aromatic nitrogens is 2. The van der Waals surface area contributed by atoms with Gasteiger partial charge in [-0.25, -0.2) is 4.98 Å². The van der Waals surface area contributed by atoms with Crippen LogP contribution in [0.3, 0.4) is 0 Å². The van der Waals surface area contributed by atoms with Crippen LogP contribution in [0, 0.1) is 6.92 Å². The molecule has 1 aromatic rings. The summed E-state index contributed by atoms with van der Waals surface area (Å²) >= 11 is 5.72. The van der Waals surface area contributed by atoms with E-state index in [-0.39, 0.29) is 5.28 Å². The second-order valence-corrected chi connectivity index (χ2v) is 3.46. The van der Waals surface area contributed by atoms with Crippen molar-refractivity contribution in [1.82, 2.24) is 9.97 Å². The Balaban J connectivity index is 2.75. The molecule has 0 aliphatic carbocycles. The fraction of sp³-hybridized carbons (Fsp3) is 0.556. The SMILES string of the molecule is CCCCNc1nc(Cl)nc(C)c1N. The minimum atomic E-state index is 0.232. The predicted octanol–water partition coefficient (Wildman–Crippen LogP) is 2.23. The van der Waals surface area contributed by atoms with Crippen LogP contribution in [0.2, 0.25) is 5.28 Å². The third-order valence-corrected chi connectivity index (χ3v) is 2.10. The highest BCUT2D eigenvalue weighted by Crippen LogP contribution is 2.20. The number of halogens is 1. The van der Waals surface area contributed by atoms with E-state index in [1.165, 1.54) is 0 Å². The molecule has 0 bridgehead atoms. The molecular weight excluding hydrogens is 200 g/mol. The number of unbranched alkanes of at least 4 members (excludes halogenated alkanes) is 1. The molecule has 14 heavy (non-hydrogen) atoms. The Labute approximate surface area is 88.9 Å². The summed E-state index contributed by atoms with van der Waals surface area (Å²) in [4.78, 5) is 7.97. The van der Waals surface area contributed by atoms with E-state index < -0.39 is 0 Å². The van der Waals surface area contributed by atoms with Crippen LogP contribution < -0.4 is 11.1 Å². The lowest BCUT2D eigenvalue weighted by atomic mass is 10.3. The van der Waals surface area contributed by atoms with Gasteiger partial charge in [0, 0.05) is 6.54 Å². The summed E-state index contributed by atoms with van der Waals surface area (Å²) in [5.74, 6) is 0.635. The number of hydrogen-bond donors (Lipinski definition) is 2. The maximum absolute atomic E-state index is 5.79. The average Bonchev–Trinajstić information content (AvgIpc) is 2.13. The van der Waals surface area contributed by atoms with Crippen molar-refractivity contribution >= 4 is 23.1 Å². The van der Waals surface area contributed by atoms with Crippen LogP contribution in [0.15, 0.2) is 0 Å². The maximum Gasteiger partial charge on any atom is 0.224 e. The van der Waals surface area contributed by atoms with Gasteiger partial charge in [0.25, 0.3) is 0 Å². The fourth-order valence-electron chi connectivity index (χ4n) is 1.07. The van der Waals surface area contributed by atoms with Crippen molar-refractivity contribution in [2.24, 2.45) is 0 Å². The third-order valence-electron chi connectivity index (χ3n) is 1.93. The van der Waals surface area contributed by atoms with Gasteiger partial charge in [-0.1, -0.05) is 13.3 Å². The molecule has 0 spiro atoms. The van der Waals surface area contributed by atoms with Gasteiger partial charge in [0.2, 0.25) is 5.28 Å². The highest BCUT2D eigenvalue weighted by Gasteiger charge is 2.06. The quantitative estimate of drug-likeness (QED) is 0.596. The molecule has 0 unspecified atom stereocenters. The Morgan fingerprint density at radius 3 is 2.79 bits per heavy atom. The first-order valence-electron chi connectivity index (χ1n) is 4.68. The van der Waals surface area contributed by atoms with E-state index >= 15 is 0 Å². The van der Waals surface area contributed by atoms with Gasteiger partial charge < -0.3 is 11.1 Å². The minimum absolute atomic E-state index is 0.232. The Hall–Kier alpha value is -1.03. The van der Waals surface area contributed by atoms with Gasteiger partial charge in [0.15, 0.2) is 5.82 Å². The summed E-state index contributed by atoms with van der Waals surface area (Å²) in [6.45, 7) is 4.80. The zero-order valence-corrected chi connectivity index (χ0v) is 9.23. The number of nitrogens with zero attached hydrogens (tertiary/aromatic N) is 2. The molecule has 0 saturated carbocycles. The van der Waals surface area contributed by atoms with Crippen molar-refractivity contribution < 1.29 is 0 Å². The summed E-state index contributed by atoms with van der Waals surface area (Å²) in [5.41, 5.74) is 7.07. The molecule has 0 amide bonds. The fourth-order valence-corrected chi connectivity index (χ4v) is 1.28. The third kappa shape index (κ3) is 2.73. The lowest BCUT2D eigenvalue weighted by molar-refractivity contribution is 0.830. The van der Waals surface area contributed by atoms with Gasteiger partial charge in [0.1, 0.15) is 0 Å². The Morgan fingerprint density at radius 1 is 1.43 bits per heavy atom. The molecule has 0 aliphatic heterocycles. The first-order valence-corrected chi connectivity index (χ1v) is 5.06. The van der Waals surface area contributed by atoms with E-state index in [4.69, 9.17) is 17.3 Å². The van der Waals surface area contributed by atoms with Crippen molar-refractivity contribution in [3.8, 4) is 0 Å². The number of rotatable bonds is 4. The van der Waals surface area contributed by atoms with Crippen molar-refractivity contribution in [2.45, 2.75) is 26.7 Å². The zero-order chi connectivity index (χ0) is 10.6. The summed E-state index contributed by atoms with van der Waals surface area (Å²) in [6.07, 6.45) is 2.21. The molecule has 1 heterocycles. The molecule has 0 aliphatic rings. The van der Waals surface area contributed by atoms with E-state index in [1.54, 1.807) is 0 Å². The van der Waals surface area contributed by atoms with E-state index in [0.717, 1.165) is 19.4 Å². The van der Waals surface area contributed by atoms with E-state index in [9.17, 15) is 0 Å². The minimum Gasteiger partial charge on any atom is -0.394 e. The summed E-state index contributed by atoms with van der Waals surface area (Å²) in [7, 11) is 0. The summed E-state index contributed by atoms with van der Waals surface area (Å²) in [6, 6.07) is 0. The van der Waals surface area contributed by atoms with Gasteiger partial charge in [-0.15, -0.1) is 0 Å². The monoisotopic (exact) mass is 214 g/mol. The molecule has 0 radical (unpaired) electrons. The largest absolute Gasteiger partial charge is 0.394 e. The van der Waals surface area contributed by atoms with Crippen LogP contribution in [0.4, 0.5) is 11.5 Å². The molecule has 0 aromatic carbocycles. The van der Waals surface area contributed by atoms with Crippen LogP contribution in [0.5, 0.6) is 0 Å². The highest BCUT2D eigenvalue weighted by molar-refractivity contribution is 6.28. The van der Waals surface area contributed by atoms with Crippen molar-refractivity contribution in [1.29, 1.82) is 0 Å². The number of anilines is 2. The van der Waals surface area contributed by atoms with Gasteiger partial charge >= 0.3 is 0 Å². The number of nitrogens with two attached hydrogens (primary N) is 1. The first kappa shape index (κ1) is 11.0. The Bertz CT molecular complexity index is 314.